The largest absolute Gasteiger partial charge is 0.422 e. The maximum Gasteiger partial charge on any atom is 0.336 e. The van der Waals surface area contributed by atoms with Crippen LogP contribution < -0.4 is 15.8 Å². The highest BCUT2D eigenvalue weighted by atomic mass is 35.5. The van der Waals surface area contributed by atoms with Crippen LogP contribution in [-0.4, -0.2) is 20.6 Å². The van der Waals surface area contributed by atoms with Crippen molar-refractivity contribution in [3.63, 3.8) is 0 Å². The first-order valence-electron chi connectivity index (χ1n) is 9.38. The molecular weight excluding hydrogens is 379 g/mol. The highest BCUT2D eigenvalue weighted by Crippen LogP contribution is 2.24. The van der Waals surface area contributed by atoms with E-state index in [1.807, 2.05) is 40.1 Å². The topological polar surface area (TPSA) is 51.3 Å². The molecule has 3 rings (SSSR count). The van der Waals surface area contributed by atoms with E-state index in [4.69, 9.17) is 16.0 Å². The Morgan fingerprint density at radius 2 is 1.96 bits per heavy atom. The second-order valence-electron chi connectivity index (χ2n) is 7.47. The van der Waals surface area contributed by atoms with Crippen LogP contribution in [-0.2, 0) is 6.54 Å². The number of halogens is 2. The Bertz CT molecular complexity index is 1040. The summed E-state index contributed by atoms with van der Waals surface area (Å²) in [5.74, 6) is -0.288. The van der Waals surface area contributed by atoms with Gasteiger partial charge in [0.1, 0.15) is 24.5 Å². The lowest BCUT2D eigenvalue weighted by atomic mass is 10.0. The molecule has 0 saturated heterocycles. The van der Waals surface area contributed by atoms with Crippen LogP contribution in [0.5, 0.6) is 0 Å². The number of hydrogen-bond acceptors (Lipinski definition) is 2. The molecule has 148 valence electrons. The molecular formula is C22H26ClFN2O2+2. The van der Waals surface area contributed by atoms with Gasteiger partial charge in [-0.15, -0.1) is 0 Å². The van der Waals surface area contributed by atoms with Crippen molar-refractivity contribution in [1.82, 2.24) is 0 Å². The van der Waals surface area contributed by atoms with E-state index in [0.29, 0.717) is 29.3 Å². The standard InChI is InChI=1S/C22H24ClFN2O2/c1-13-8-9-16-15(10-20(27)28-22(16)14(13)2)11-25-12-19(26(3)4)21-17(23)6-5-7-18(21)24/h5-10,19,25H,11-12H2,1-4H3/p+2/t19-/m1/s1. The van der Waals surface area contributed by atoms with Crippen molar-refractivity contribution in [3.8, 4) is 0 Å². The Balaban J connectivity index is 1.86. The molecule has 6 heteroatoms. The second-order valence-corrected chi connectivity index (χ2v) is 7.88. The smallest absolute Gasteiger partial charge is 0.336 e. The summed E-state index contributed by atoms with van der Waals surface area (Å²) in [5.41, 5.74) is 3.80. The lowest BCUT2D eigenvalue weighted by Gasteiger charge is -2.22. The Hall–Kier alpha value is -2.21. The third-order valence-corrected chi connectivity index (χ3v) is 5.66. The van der Waals surface area contributed by atoms with Gasteiger partial charge in [-0.25, -0.2) is 9.18 Å². The molecule has 3 aromatic rings. The monoisotopic (exact) mass is 404 g/mol. The predicted molar refractivity (Wildman–Crippen MR) is 109 cm³/mol. The first-order valence-corrected chi connectivity index (χ1v) is 9.76. The first-order chi connectivity index (χ1) is 13.3. The Morgan fingerprint density at radius 1 is 1.21 bits per heavy atom. The minimum absolute atomic E-state index is 0.107. The Morgan fingerprint density at radius 3 is 2.64 bits per heavy atom. The molecule has 0 amide bonds. The van der Waals surface area contributed by atoms with E-state index < -0.39 is 0 Å². The lowest BCUT2D eigenvalue weighted by molar-refractivity contribution is -0.910. The van der Waals surface area contributed by atoms with E-state index in [2.05, 4.69) is 5.32 Å². The predicted octanol–water partition coefficient (Wildman–Crippen LogP) is 2.15. The SMILES string of the molecule is Cc1ccc2c(C[NH2+]C[C@H](c3c(F)cccc3Cl)[NH+](C)C)cc(=O)oc2c1C. The van der Waals surface area contributed by atoms with Crippen LogP contribution >= 0.6 is 11.6 Å². The molecule has 0 saturated carbocycles. The number of aryl methyl sites for hydroxylation is 2. The summed E-state index contributed by atoms with van der Waals surface area (Å²) in [6.07, 6.45) is 0. The average Bonchev–Trinajstić information content (AvgIpc) is 2.63. The summed E-state index contributed by atoms with van der Waals surface area (Å²) in [7, 11) is 3.97. The molecule has 1 aromatic heterocycles. The average molecular weight is 405 g/mol. The summed E-state index contributed by atoms with van der Waals surface area (Å²) in [5, 5.41) is 3.47. The van der Waals surface area contributed by atoms with Gasteiger partial charge in [0, 0.05) is 17.0 Å². The van der Waals surface area contributed by atoms with Crippen molar-refractivity contribution >= 4 is 22.6 Å². The third kappa shape index (κ3) is 4.12. The number of rotatable bonds is 6. The summed E-state index contributed by atoms with van der Waals surface area (Å²) in [6.45, 7) is 5.19. The molecule has 0 aliphatic carbocycles. The number of fused-ring (bicyclic) bond motifs is 1. The molecule has 1 atom stereocenters. The van der Waals surface area contributed by atoms with Gasteiger partial charge in [-0.2, -0.15) is 0 Å². The van der Waals surface area contributed by atoms with Crippen molar-refractivity contribution in [2.24, 2.45) is 0 Å². The van der Waals surface area contributed by atoms with Crippen molar-refractivity contribution in [1.29, 1.82) is 0 Å². The maximum atomic E-state index is 14.4. The van der Waals surface area contributed by atoms with Crippen molar-refractivity contribution in [2.75, 3.05) is 20.6 Å². The molecule has 28 heavy (non-hydrogen) atoms. The minimum atomic E-state index is -0.350. The van der Waals surface area contributed by atoms with Gasteiger partial charge in [-0.05, 0) is 37.1 Å². The minimum Gasteiger partial charge on any atom is -0.422 e. The highest BCUT2D eigenvalue weighted by Gasteiger charge is 2.26. The van der Waals surface area contributed by atoms with E-state index in [9.17, 15) is 9.18 Å². The van der Waals surface area contributed by atoms with E-state index in [-0.39, 0.29) is 17.5 Å². The molecule has 0 radical (unpaired) electrons. The van der Waals surface area contributed by atoms with Crippen molar-refractivity contribution in [3.05, 3.63) is 79.9 Å². The maximum absolute atomic E-state index is 14.4. The zero-order valence-corrected chi connectivity index (χ0v) is 17.4. The van der Waals surface area contributed by atoms with Crippen LogP contribution in [0.25, 0.3) is 11.0 Å². The van der Waals surface area contributed by atoms with E-state index in [1.165, 1.54) is 6.07 Å². The molecule has 1 heterocycles. The van der Waals surface area contributed by atoms with Gasteiger partial charge < -0.3 is 14.6 Å². The molecule has 0 unspecified atom stereocenters. The number of benzene rings is 2. The first kappa shape index (κ1) is 20.5. The zero-order valence-electron chi connectivity index (χ0n) is 16.6. The van der Waals surface area contributed by atoms with Crippen molar-refractivity contribution in [2.45, 2.75) is 26.4 Å². The fourth-order valence-corrected chi connectivity index (χ4v) is 3.88. The molecule has 2 aromatic carbocycles. The Labute approximate surface area is 168 Å². The molecule has 0 spiro atoms. The lowest BCUT2D eigenvalue weighted by Crippen LogP contribution is -3.09. The van der Waals surface area contributed by atoms with Gasteiger partial charge in [-0.3, -0.25) is 0 Å². The molecule has 0 aliphatic rings. The summed E-state index contributed by atoms with van der Waals surface area (Å²) < 4.78 is 19.8. The van der Waals surface area contributed by atoms with Crippen LogP contribution in [0.1, 0.15) is 28.3 Å². The van der Waals surface area contributed by atoms with Crippen LogP contribution in [0.3, 0.4) is 0 Å². The summed E-state index contributed by atoms with van der Waals surface area (Å²) >= 11 is 6.27. The molecule has 0 bridgehead atoms. The zero-order chi connectivity index (χ0) is 20.4. The number of nitrogens with one attached hydrogen (secondary N) is 1. The molecule has 0 aliphatic heterocycles. The molecule has 0 fully saturated rings. The van der Waals surface area contributed by atoms with Gasteiger partial charge >= 0.3 is 5.63 Å². The number of quaternary nitrogens is 2. The van der Waals surface area contributed by atoms with E-state index in [0.717, 1.165) is 27.0 Å². The molecule has 3 N–H and O–H groups in total. The third-order valence-electron chi connectivity index (χ3n) is 5.33. The van der Waals surface area contributed by atoms with Crippen LogP contribution in [0, 0.1) is 19.7 Å². The quantitative estimate of drug-likeness (QED) is 0.618. The van der Waals surface area contributed by atoms with Gasteiger partial charge in [0.2, 0.25) is 0 Å². The van der Waals surface area contributed by atoms with Gasteiger partial charge in [0.25, 0.3) is 0 Å². The van der Waals surface area contributed by atoms with Crippen LogP contribution in [0.4, 0.5) is 4.39 Å². The van der Waals surface area contributed by atoms with Crippen LogP contribution in [0.15, 0.2) is 45.6 Å². The number of nitrogens with two attached hydrogens (primary N) is 1. The normalized spacial score (nSPS) is 12.7. The Kier molecular flexibility index (Phi) is 6.18. The van der Waals surface area contributed by atoms with E-state index >= 15 is 0 Å². The fraction of sp³-hybridized carbons (Fsp3) is 0.318. The second kappa shape index (κ2) is 8.43. The van der Waals surface area contributed by atoms with Gasteiger partial charge in [0.05, 0.1) is 24.7 Å². The number of hydrogen-bond donors (Lipinski definition) is 2. The summed E-state index contributed by atoms with van der Waals surface area (Å²) in [6, 6.07) is 10.2. The summed E-state index contributed by atoms with van der Waals surface area (Å²) in [4.78, 5) is 13.1. The fourth-order valence-electron chi connectivity index (χ4n) is 3.58. The van der Waals surface area contributed by atoms with Gasteiger partial charge in [0.15, 0.2) is 6.04 Å². The van der Waals surface area contributed by atoms with E-state index in [1.54, 1.807) is 18.2 Å². The van der Waals surface area contributed by atoms with Gasteiger partial charge in [-0.1, -0.05) is 29.8 Å². The molecule has 4 nitrogen and oxygen atoms in total. The number of likely N-dealkylation sites (N-methyl/N-ethyl adjacent to an activating group) is 1. The highest BCUT2D eigenvalue weighted by molar-refractivity contribution is 6.31. The van der Waals surface area contributed by atoms with Crippen molar-refractivity contribution < 1.29 is 19.0 Å². The van der Waals surface area contributed by atoms with Crippen LogP contribution in [0.2, 0.25) is 5.02 Å².